The Labute approximate surface area is 176 Å². The van der Waals surface area contributed by atoms with Gasteiger partial charge in [-0.1, -0.05) is 13.0 Å². The maximum Gasteiger partial charge on any atom is 0.325 e. The molecule has 0 radical (unpaired) electrons. The predicted molar refractivity (Wildman–Crippen MR) is 109 cm³/mol. The second kappa shape index (κ2) is 8.34. The lowest BCUT2D eigenvalue weighted by Crippen LogP contribution is -2.55. The van der Waals surface area contributed by atoms with Gasteiger partial charge in [0, 0.05) is 37.8 Å². The summed E-state index contributed by atoms with van der Waals surface area (Å²) in [7, 11) is 0. The minimum atomic E-state index is -0.768. The number of hydrogen-bond acceptors (Lipinski definition) is 4. The summed E-state index contributed by atoms with van der Waals surface area (Å²) in [5, 5.41) is 2.98. The van der Waals surface area contributed by atoms with E-state index in [0.29, 0.717) is 44.3 Å². The summed E-state index contributed by atoms with van der Waals surface area (Å²) in [6.45, 7) is 5.66. The van der Waals surface area contributed by atoms with E-state index in [9.17, 15) is 18.8 Å². The van der Waals surface area contributed by atoms with Crippen LogP contribution in [0.3, 0.4) is 0 Å². The predicted octanol–water partition coefficient (Wildman–Crippen LogP) is 2.23. The zero-order chi connectivity index (χ0) is 21.3. The molecule has 4 amide bonds. The van der Waals surface area contributed by atoms with Crippen molar-refractivity contribution in [3.8, 4) is 0 Å². The second-order valence-electron chi connectivity index (χ2n) is 8.56. The Kier molecular flexibility index (Phi) is 5.77. The number of amides is 4. The Balaban J connectivity index is 1.37. The number of nitrogens with one attached hydrogen (secondary N) is 1. The van der Waals surface area contributed by atoms with Crippen molar-refractivity contribution in [2.45, 2.75) is 50.6 Å². The molecule has 0 unspecified atom stereocenters. The summed E-state index contributed by atoms with van der Waals surface area (Å²) in [4.78, 5) is 44.0. The third kappa shape index (κ3) is 3.80. The molecule has 3 aliphatic heterocycles. The summed E-state index contributed by atoms with van der Waals surface area (Å²) >= 11 is 0. The van der Waals surface area contributed by atoms with Gasteiger partial charge in [-0.25, -0.2) is 9.18 Å². The number of halogens is 1. The van der Waals surface area contributed by atoms with Crippen LogP contribution in [0.4, 0.5) is 9.18 Å². The number of urea groups is 1. The Bertz CT molecular complexity index is 829. The molecule has 3 fully saturated rings. The average molecular weight is 416 g/mol. The molecule has 4 rings (SSSR count). The van der Waals surface area contributed by atoms with Crippen molar-refractivity contribution in [1.29, 1.82) is 0 Å². The molecule has 162 valence electrons. The highest BCUT2D eigenvalue weighted by atomic mass is 19.1. The molecule has 3 aliphatic rings. The molecule has 1 aromatic rings. The number of piperidine rings is 2. The standard InChI is InChI=1S/C22H29FN4O3/c1-2-10-25-13-8-22(9-14-25)20(29)27(21(30)24-22)18-6-11-26(12-7-18)19(28)16-4-3-5-17(23)15-16/h3-5,15,18H,2,6-14H2,1H3,(H,24,30). The minimum Gasteiger partial charge on any atom is -0.338 e. The van der Waals surface area contributed by atoms with Crippen LogP contribution in [0.15, 0.2) is 24.3 Å². The van der Waals surface area contributed by atoms with Gasteiger partial charge in [-0.15, -0.1) is 0 Å². The van der Waals surface area contributed by atoms with Crippen molar-refractivity contribution < 1.29 is 18.8 Å². The lowest BCUT2D eigenvalue weighted by Gasteiger charge is -2.38. The van der Waals surface area contributed by atoms with E-state index in [2.05, 4.69) is 17.1 Å². The monoisotopic (exact) mass is 416 g/mol. The van der Waals surface area contributed by atoms with Gasteiger partial charge in [0.15, 0.2) is 0 Å². The SMILES string of the molecule is CCCN1CCC2(CC1)NC(=O)N(C1CCN(C(=O)c3cccc(F)c3)CC1)C2=O. The van der Waals surface area contributed by atoms with Crippen molar-refractivity contribution >= 4 is 17.8 Å². The molecule has 0 bridgehead atoms. The number of nitrogens with zero attached hydrogens (tertiary/aromatic N) is 3. The fraction of sp³-hybridized carbons (Fsp3) is 0.591. The molecule has 1 spiro atoms. The normalized spacial score (nSPS) is 22.6. The van der Waals surface area contributed by atoms with Gasteiger partial charge in [-0.2, -0.15) is 0 Å². The largest absolute Gasteiger partial charge is 0.338 e. The second-order valence-corrected chi connectivity index (χ2v) is 8.56. The molecule has 0 saturated carbocycles. The van der Waals surface area contributed by atoms with Gasteiger partial charge in [-0.05, 0) is 56.8 Å². The summed E-state index contributed by atoms with van der Waals surface area (Å²) in [5.74, 6) is -0.770. The minimum absolute atomic E-state index is 0.112. The first-order valence-corrected chi connectivity index (χ1v) is 10.9. The number of carbonyl (C=O) groups excluding carboxylic acids is 3. The van der Waals surface area contributed by atoms with E-state index in [1.165, 1.54) is 23.1 Å². The van der Waals surface area contributed by atoms with E-state index in [1.807, 2.05) is 0 Å². The molecule has 0 aromatic heterocycles. The maximum atomic E-state index is 13.4. The highest BCUT2D eigenvalue weighted by Crippen LogP contribution is 2.32. The zero-order valence-corrected chi connectivity index (χ0v) is 17.4. The summed E-state index contributed by atoms with van der Waals surface area (Å²) in [6, 6.07) is 5.15. The first kappa shape index (κ1) is 20.8. The first-order chi connectivity index (χ1) is 14.4. The molecule has 7 nitrogen and oxygen atoms in total. The van der Waals surface area contributed by atoms with E-state index in [4.69, 9.17) is 0 Å². The van der Waals surface area contributed by atoms with Crippen LogP contribution in [0, 0.1) is 5.82 Å². The fourth-order valence-corrected chi connectivity index (χ4v) is 4.92. The van der Waals surface area contributed by atoms with Gasteiger partial charge in [0.25, 0.3) is 11.8 Å². The highest BCUT2D eigenvalue weighted by molar-refractivity contribution is 6.07. The maximum absolute atomic E-state index is 13.4. The average Bonchev–Trinajstić information content (AvgIpc) is 2.99. The third-order valence-corrected chi connectivity index (χ3v) is 6.63. The molecule has 3 heterocycles. The molecule has 1 aromatic carbocycles. The van der Waals surface area contributed by atoms with Gasteiger partial charge in [-0.3, -0.25) is 14.5 Å². The van der Waals surface area contributed by atoms with Crippen LogP contribution >= 0.6 is 0 Å². The lowest BCUT2D eigenvalue weighted by molar-refractivity contribution is -0.135. The van der Waals surface area contributed by atoms with E-state index in [-0.39, 0.29) is 23.9 Å². The number of imide groups is 1. The number of likely N-dealkylation sites (tertiary alicyclic amines) is 2. The van der Waals surface area contributed by atoms with Crippen LogP contribution in [-0.4, -0.2) is 76.8 Å². The number of carbonyl (C=O) groups is 3. The molecular formula is C22H29FN4O3. The Morgan fingerprint density at radius 2 is 1.87 bits per heavy atom. The van der Waals surface area contributed by atoms with E-state index in [0.717, 1.165) is 26.1 Å². The van der Waals surface area contributed by atoms with Gasteiger partial charge < -0.3 is 15.1 Å². The molecule has 1 N–H and O–H groups in total. The van der Waals surface area contributed by atoms with Gasteiger partial charge in [0.1, 0.15) is 11.4 Å². The van der Waals surface area contributed by atoms with E-state index in [1.54, 1.807) is 11.0 Å². The van der Waals surface area contributed by atoms with Crippen molar-refractivity contribution in [3.63, 3.8) is 0 Å². The van der Waals surface area contributed by atoms with Crippen molar-refractivity contribution in [2.75, 3.05) is 32.7 Å². The van der Waals surface area contributed by atoms with Crippen molar-refractivity contribution in [3.05, 3.63) is 35.6 Å². The Morgan fingerprint density at radius 1 is 1.17 bits per heavy atom. The smallest absolute Gasteiger partial charge is 0.325 e. The molecule has 0 aliphatic carbocycles. The van der Waals surface area contributed by atoms with Crippen LogP contribution in [0.2, 0.25) is 0 Å². The molecular weight excluding hydrogens is 387 g/mol. The summed E-state index contributed by atoms with van der Waals surface area (Å²) in [5.41, 5.74) is -0.447. The Morgan fingerprint density at radius 3 is 2.50 bits per heavy atom. The topological polar surface area (TPSA) is 73.0 Å². The number of benzene rings is 1. The quantitative estimate of drug-likeness (QED) is 0.764. The summed E-state index contributed by atoms with van der Waals surface area (Å²) < 4.78 is 13.4. The van der Waals surface area contributed by atoms with Crippen molar-refractivity contribution in [1.82, 2.24) is 20.0 Å². The molecule has 30 heavy (non-hydrogen) atoms. The van der Waals surface area contributed by atoms with E-state index < -0.39 is 11.4 Å². The van der Waals surface area contributed by atoms with Crippen LogP contribution in [0.1, 0.15) is 49.4 Å². The van der Waals surface area contributed by atoms with Crippen molar-refractivity contribution in [2.24, 2.45) is 0 Å². The fourth-order valence-electron chi connectivity index (χ4n) is 4.92. The lowest BCUT2D eigenvalue weighted by atomic mass is 9.87. The molecule has 0 atom stereocenters. The van der Waals surface area contributed by atoms with Crippen LogP contribution < -0.4 is 5.32 Å². The number of rotatable bonds is 4. The molecule has 8 heteroatoms. The van der Waals surface area contributed by atoms with E-state index >= 15 is 0 Å². The number of hydrogen-bond donors (Lipinski definition) is 1. The van der Waals surface area contributed by atoms with Gasteiger partial charge in [0.2, 0.25) is 0 Å². The van der Waals surface area contributed by atoms with Crippen LogP contribution in [-0.2, 0) is 4.79 Å². The highest BCUT2D eigenvalue weighted by Gasteiger charge is 2.54. The third-order valence-electron chi connectivity index (χ3n) is 6.63. The van der Waals surface area contributed by atoms with Crippen LogP contribution in [0.5, 0.6) is 0 Å². The molecule has 3 saturated heterocycles. The van der Waals surface area contributed by atoms with Gasteiger partial charge in [0.05, 0.1) is 0 Å². The van der Waals surface area contributed by atoms with Gasteiger partial charge >= 0.3 is 6.03 Å². The zero-order valence-electron chi connectivity index (χ0n) is 17.4. The van der Waals surface area contributed by atoms with Crippen LogP contribution in [0.25, 0.3) is 0 Å². The Hall–Kier alpha value is -2.48. The first-order valence-electron chi connectivity index (χ1n) is 10.9. The summed E-state index contributed by atoms with van der Waals surface area (Å²) in [6.07, 6.45) is 3.44.